The molecule has 1 aliphatic rings. The average Bonchev–Trinajstić information content (AvgIpc) is 3.26. The van der Waals surface area contributed by atoms with Crippen LogP contribution in [0.25, 0.3) is 28.0 Å². The molecule has 0 amide bonds. The summed E-state index contributed by atoms with van der Waals surface area (Å²) in [6.07, 6.45) is 0. The Kier molecular flexibility index (Phi) is 5.65. The van der Waals surface area contributed by atoms with Gasteiger partial charge in [0.1, 0.15) is 11.6 Å². The third-order valence-electron chi connectivity index (χ3n) is 6.43. The summed E-state index contributed by atoms with van der Waals surface area (Å²) in [5.41, 5.74) is 10.4. The molecule has 0 bridgehead atoms. The third-order valence-corrected chi connectivity index (χ3v) is 6.68. The minimum Gasteiger partial charge on any atom is -0.383 e. The first-order valence-corrected chi connectivity index (χ1v) is 12.1. The maximum absolute atomic E-state index is 13.7. The van der Waals surface area contributed by atoms with Gasteiger partial charge in [-0.2, -0.15) is 4.98 Å². The second kappa shape index (κ2) is 9.13. The molecule has 2 N–H and O–H groups in total. The number of nitrogens with zero attached hydrogens (tertiary/aromatic N) is 6. The number of rotatable bonds is 4. The van der Waals surface area contributed by atoms with Gasteiger partial charge in [0.25, 0.3) is 0 Å². The van der Waals surface area contributed by atoms with Crippen LogP contribution in [-0.4, -0.2) is 45.9 Å². The molecule has 2 aromatic heterocycles. The summed E-state index contributed by atoms with van der Waals surface area (Å²) in [7, 11) is 0. The van der Waals surface area contributed by atoms with Crippen LogP contribution in [0, 0.1) is 5.82 Å². The molecule has 0 radical (unpaired) electrons. The normalized spacial score (nSPS) is 13.9. The van der Waals surface area contributed by atoms with Gasteiger partial charge in [0.15, 0.2) is 5.65 Å². The van der Waals surface area contributed by atoms with E-state index in [0.717, 1.165) is 37.4 Å². The van der Waals surface area contributed by atoms with Gasteiger partial charge in [-0.15, -0.1) is 5.10 Å². The van der Waals surface area contributed by atoms with Crippen LogP contribution < -0.4 is 15.5 Å². The second-order valence-corrected chi connectivity index (χ2v) is 9.10. The Morgan fingerprint density at radius 3 is 2.11 bits per heavy atom. The smallest absolute Gasteiger partial charge is 0.228 e. The first kappa shape index (κ1) is 22.3. The maximum atomic E-state index is 13.7. The van der Waals surface area contributed by atoms with Crippen molar-refractivity contribution < 1.29 is 4.39 Å². The summed E-state index contributed by atoms with van der Waals surface area (Å²) < 4.78 is 15.3. The molecule has 6 rings (SSSR count). The highest BCUT2D eigenvalue weighted by Gasteiger charge is 2.24. The van der Waals surface area contributed by atoms with Crippen LogP contribution in [0.5, 0.6) is 0 Å². The Bertz CT molecular complexity index is 1510. The van der Waals surface area contributed by atoms with E-state index < -0.39 is 0 Å². The van der Waals surface area contributed by atoms with Gasteiger partial charge in [0.2, 0.25) is 5.95 Å². The van der Waals surface area contributed by atoms with Crippen molar-refractivity contribution in [2.24, 2.45) is 0 Å². The monoisotopic (exact) mass is 499 g/mol. The summed E-state index contributed by atoms with van der Waals surface area (Å²) in [5.74, 6) is 0.675. The maximum Gasteiger partial charge on any atom is 0.228 e. The molecule has 0 aliphatic carbocycles. The summed E-state index contributed by atoms with van der Waals surface area (Å²) >= 11 is 6.07. The molecule has 0 unspecified atom stereocenters. The van der Waals surface area contributed by atoms with E-state index in [0.29, 0.717) is 33.5 Å². The topological polar surface area (TPSA) is 76.1 Å². The zero-order valence-electron chi connectivity index (χ0n) is 19.4. The standard InChI is InChI=1S/C27H23ClFN7/c28-19-8-12-22(13-9-19)36-25(30)23-24(18-6-10-20(29)11-7-18)31-27(32-26(23)33-36)35-16-14-34(15-17-35)21-4-2-1-3-5-21/h1-13H,14-17,30H2. The zero-order chi connectivity index (χ0) is 24.6. The van der Waals surface area contributed by atoms with E-state index in [9.17, 15) is 4.39 Å². The van der Waals surface area contributed by atoms with Crippen molar-refractivity contribution >= 4 is 40.1 Å². The van der Waals surface area contributed by atoms with Crippen LogP contribution in [0.15, 0.2) is 78.9 Å². The first-order valence-electron chi connectivity index (χ1n) is 11.7. The summed E-state index contributed by atoms with van der Waals surface area (Å²) in [6.45, 7) is 3.21. The number of fused-ring (bicyclic) bond motifs is 1. The van der Waals surface area contributed by atoms with Crippen LogP contribution in [0.3, 0.4) is 0 Å². The fourth-order valence-electron chi connectivity index (χ4n) is 4.54. The van der Waals surface area contributed by atoms with Crippen molar-refractivity contribution in [3.8, 4) is 16.9 Å². The number of nitrogens with two attached hydrogens (primary N) is 1. The molecule has 5 aromatic rings. The Hall–Kier alpha value is -4.17. The lowest BCUT2D eigenvalue weighted by atomic mass is 10.1. The van der Waals surface area contributed by atoms with Gasteiger partial charge < -0.3 is 15.5 Å². The molecule has 9 heteroatoms. The Balaban J connectivity index is 1.42. The van der Waals surface area contributed by atoms with Crippen LogP contribution in [-0.2, 0) is 0 Å². The number of hydrogen-bond acceptors (Lipinski definition) is 6. The van der Waals surface area contributed by atoms with Crippen molar-refractivity contribution in [3.63, 3.8) is 0 Å². The first-order chi connectivity index (χ1) is 17.6. The fraction of sp³-hybridized carbons (Fsp3) is 0.148. The Morgan fingerprint density at radius 2 is 1.42 bits per heavy atom. The minimum atomic E-state index is -0.314. The van der Waals surface area contributed by atoms with Gasteiger partial charge in [-0.05, 0) is 60.7 Å². The number of nitrogen functional groups attached to an aromatic ring is 1. The quantitative estimate of drug-likeness (QED) is 0.367. The number of aromatic nitrogens is 4. The summed E-state index contributed by atoms with van der Waals surface area (Å²) in [4.78, 5) is 14.2. The lowest BCUT2D eigenvalue weighted by Gasteiger charge is -2.36. The van der Waals surface area contributed by atoms with Crippen molar-refractivity contribution in [1.82, 2.24) is 19.7 Å². The van der Waals surface area contributed by atoms with E-state index in [-0.39, 0.29) is 5.82 Å². The van der Waals surface area contributed by atoms with Gasteiger partial charge >= 0.3 is 0 Å². The molecule has 36 heavy (non-hydrogen) atoms. The van der Waals surface area contributed by atoms with Crippen LogP contribution in [0.4, 0.5) is 21.8 Å². The highest BCUT2D eigenvalue weighted by Crippen LogP contribution is 2.34. The third kappa shape index (κ3) is 4.09. The van der Waals surface area contributed by atoms with Crippen molar-refractivity contribution in [2.45, 2.75) is 0 Å². The molecule has 1 fully saturated rings. The Morgan fingerprint density at radius 1 is 0.750 bits per heavy atom. The van der Waals surface area contributed by atoms with E-state index in [1.807, 2.05) is 18.2 Å². The molecule has 0 atom stereocenters. The highest BCUT2D eigenvalue weighted by atomic mass is 35.5. The average molecular weight is 500 g/mol. The number of para-hydroxylation sites is 1. The SMILES string of the molecule is Nc1c2c(-c3ccc(F)cc3)nc(N3CCN(c4ccccc4)CC3)nc2nn1-c1ccc(Cl)cc1. The molecular weight excluding hydrogens is 477 g/mol. The van der Waals surface area contributed by atoms with Gasteiger partial charge in [-0.3, -0.25) is 0 Å². The van der Waals surface area contributed by atoms with E-state index in [1.165, 1.54) is 17.8 Å². The largest absolute Gasteiger partial charge is 0.383 e. The lowest BCUT2D eigenvalue weighted by Crippen LogP contribution is -2.47. The van der Waals surface area contributed by atoms with Crippen LogP contribution in [0.2, 0.25) is 5.02 Å². The number of halogens is 2. The van der Waals surface area contributed by atoms with Gasteiger partial charge in [0.05, 0.1) is 16.8 Å². The van der Waals surface area contributed by atoms with E-state index in [1.54, 1.807) is 28.9 Å². The number of anilines is 3. The van der Waals surface area contributed by atoms with Crippen molar-refractivity contribution in [2.75, 3.05) is 41.7 Å². The molecule has 180 valence electrons. The predicted molar refractivity (Wildman–Crippen MR) is 142 cm³/mol. The Labute approximate surface area is 212 Å². The molecule has 0 saturated carbocycles. The van der Waals surface area contributed by atoms with E-state index in [2.05, 4.69) is 34.1 Å². The van der Waals surface area contributed by atoms with Crippen molar-refractivity contribution in [3.05, 3.63) is 89.7 Å². The second-order valence-electron chi connectivity index (χ2n) is 8.66. The van der Waals surface area contributed by atoms with Gasteiger partial charge in [0, 0.05) is 42.5 Å². The molecule has 7 nitrogen and oxygen atoms in total. The summed E-state index contributed by atoms with van der Waals surface area (Å²) in [5, 5.41) is 5.97. The molecular formula is C27H23ClFN7. The number of hydrogen-bond donors (Lipinski definition) is 1. The molecule has 1 aliphatic heterocycles. The van der Waals surface area contributed by atoms with E-state index in [4.69, 9.17) is 32.4 Å². The van der Waals surface area contributed by atoms with Gasteiger partial charge in [-0.25, -0.2) is 14.1 Å². The highest BCUT2D eigenvalue weighted by molar-refractivity contribution is 6.30. The molecule has 3 heterocycles. The molecule has 3 aromatic carbocycles. The lowest BCUT2D eigenvalue weighted by molar-refractivity contribution is 0.628. The number of piperazine rings is 1. The molecule has 0 spiro atoms. The van der Waals surface area contributed by atoms with Crippen LogP contribution >= 0.6 is 11.6 Å². The predicted octanol–water partition coefficient (Wildman–Crippen LogP) is 5.18. The van der Waals surface area contributed by atoms with Crippen LogP contribution in [0.1, 0.15) is 0 Å². The van der Waals surface area contributed by atoms with Crippen molar-refractivity contribution in [1.29, 1.82) is 0 Å². The molecule has 1 saturated heterocycles. The van der Waals surface area contributed by atoms with Gasteiger partial charge in [-0.1, -0.05) is 29.8 Å². The minimum absolute atomic E-state index is 0.314. The van der Waals surface area contributed by atoms with E-state index >= 15 is 0 Å². The summed E-state index contributed by atoms with van der Waals surface area (Å²) in [6, 6.07) is 23.9. The zero-order valence-corrected chi connectivity index (χ0v) is 20.1. The fourth-order valence-corrected chi connectivity index (χ4v) is 4.67. The number of benzene rings is 3.